The third-order valence-electron chi connectivity index (χ3n) is 11.9. The molecular formula is C39H63N3O30S2. The zero-order chi connectivity index (χ0) is 55.0. The molecule has 0 bridgehead atoms. The van der Waals surface area contributed by atoms with Crippen molar-refractivity contribution in [2.75, 3.05) is 51.5 Å². The number of aliphatic hydroxyl groups excluding tert-OH is 9. The molecule has 4 aliphatic heterocycles. The largest absolute Gasteiger partial charge is 0.488 e. The fourth-order valence-electron chi connectivity index (χ4n) is 8.28. The van der Waals surface area contributed by atoms with Crippen LogP contribution in [0.1, 0.15) is 40.0 Å². The molecule has 4 fully saturated rings. The number of unbranched alkanes of at least 4 members (excludes halogenated alkanes) is 2. The van der Waals surface area contributed by atoms with E-state index in [9.17, 15) is 82.0 Å². The molecule has 0 unspecified atom stereocenters. The molecule has 1 aromatic rings. The number of hydrogen-bond acceptors (Lipinski definition) is 29. The maximum absolute atomic E-state index is 12.7. The Hall–Kier alpha value is -3.32. The number of hydrogen-bond donors (Lipinski definition) is 14. The van der Waals surface area contributed by atoms with Crippen molar-refractivity contribution >= 4 is 38.3 Å². The van der Waals surface area contributed by atoms with Gasteiger partial charge in [0.2, 0.25) is 11.8 Å². The van der Waals surface area contributed by atoms with Crippen molar-refractivity contribution < 1.29 is 132 Å². The Balaban J connectivity index is 1.39. The third-order valence-corrected chi connectivity index (χ3v) is 12.8. The molecule has 2 amide bonds. The van der Waals surface area contributed by atoms with Gasteiger partial charge < -0.3 is 105 Å². The Bertz CT molecular complexity index is 2290. The predicted molar refractivity (Wildman–Crippen MR) is 237 cm³/mol. The van der Waals surface area contributed by atoms with Gasteiger partial charge in [0.05, 0.1) is 33.0 Å². The van der Waals surface area contributed by atoms with Crippen molar-refractivity contribution in [3.05, 3.63) is 20.4 Å². The zero-order valence-electron chi connectivity index (χ0n) is 39.6. The number of amides is 2. The van der Waals surface area contributed by atoms with Crippen molar-refractivity contribution in [3.8, 4) is 5.75 Å². The van der Waals surface area contributed by atoms with E-state index in [0.717, 1.165) is 13.8 Å². The summed E-state index contributed by atoms with van der Waals surface area (Å²) >= 11 is 0. The molecule has 35 heteroatoms. The van der Waals surface area contributed by atoms with Crippen LogP contribution in [0.4, 0.5) is 5.69 Å². The van der Waals surface area contributed by atoms with Gasteiger partial charge in [0.1, 0.15) is 103 Å². The predicted octanol–water partition coefficient (Wildman–Crippen LogP) is -8.51. The lowest BCUT2D eigenvalue weighted by Crippen LogP contribution is -2.69. The quantitative estimate of drug-likeness (QED) is 0.0233. The first kappa shape index (κ1) is 61.5. The first-order chi connectivity index (χ1) is 34.7. The van der Waals surface area contributed by atoms with Gasteiger partial charge in [-0.2, -0.15) is 16.8 Å². The van der Waals surface area contributed by atoms with E-state index in [-0.39, 0.29) is 37.6 Å². The summed E-state index contributed by atoms with van der Waals surface area (Å²) in [6, 6.07) is -3.24. The molecule has 426 valence electrons. The minimum Gasteiger partial charge on any atom is -0.488 e. The summed E-state index contributed by atoms with van der Waals surface area (Å²) in [5.74, 6) is -1.68. The molecule has 5 rings (SSSR count). The molecule has 0 spiro atoms. The Kier molecular flexibility index (Phi) is 22.3. The summed E-state index contributed by atoms with van der Waals surface area (Å²) in [6.07, 6.45) is -33.8. The van der Waals surface area contributed by atoms with Gasteiger partial charge >= 0.3 is 20.8 Å². The topological polar surface area (TPSA) is 497 Å². The van der Waals surface area contributed by atoms with Gasteiger partial charge in [0, 0.05) is 27.0 Å². The fraction of sp³-hybridized carbons (Fsp3) is 0.846. The maximum atomic E-state index is 12.7. The van der Waals surface area contributed by atoms with Crippen LogP contribution in [0.25, 0.3) is 0 Å². The monoisotopic (exact) mass is 1120 g/mol. The molecule has 20 atom stereocenters. The summed E-state index contributed by atoms with van der Waals surface area (Å²) in [6.45, 7) is -0.141. The summed E-state index contributed by atoms with van der Waals surface area (Å²) < 4.78 is 124. The van der Waals surface area contributed by atoms with Crippen LogP contribution in [0.3, 0.4) is 0 Å². The molecule has 0 aliphatic carbocycles. The van der Waals surface area contributed by atoms with E-state index in [4.69, 9.17) is 51.7 Å². The molecule has 14 N–H and O–H groups in total. The number of carbonyl (C=O) groups excluding carboxylic acids is 2. The number of ether oxygens (including phenoxy) is 9. The van der Waals surface area contributed by atoms with Gasteiger partial charge in [-0.15, -0.1) is 0 Å². The standard InChI is InChI=1S/C39H63N3O30S2/c1-4-62-33-20(27(50)30(33)53)40-8-6-5-7-9-63-36-21(41-14(2)44)35(72-39-32(55)29(52)24(47)19(70-39)13-66-74(59,60)61)26(49)17(68-36)11-64-37-22(42-15(3)45)34(25(48)16(10-43)67-37)71-38-31(54)28(51)23(46)18(69-38)12-65-73(56,57)58/h16-19,21-26,28-29,31-32,34-40,43,46-49,51-52,54-55H,4-13H2,1-3H3,(H,41,44)(H,42,45)(H,56,57,58)(H,59,60,61)/t16-,17-,18-,19-,21-,22-,23-,24-,25+,26+,28+,29+,31-,32-,34-,35-,36-,37-,38+,39+/m1/s1. The molecule has 4 aliphatic rings. The summed E-state index contributed by atoms with van der Waals surface area (Å²) in [4.78, 5) is 49.1. The number of anilines is 1. The number of nitrogens with one attached hydrogen (secondary N) is 3. The maximum Gasteiger partial charge on any atom is 0.397 e. The smallest absolute Gasteiger partial charge is 0.397 e. The minimum absolute atomic E-state index is 0.0389. The third kappa shape index (κ3) is 15.9. The number of carbonyl (C=O) groups is 2. The van der Waals surface area contributed by atoms with Crippen LogP contribution in [0, 0.1) is 0 Å². The van der Waals surface area contributed by atoms with Crippen LogP contribution in [-0.2, 0) is 76.6 Å². The average molecular weight is 1120 g/mol. The van der Waals surface area contributed by atoms with Crippen LogP contribution >= 0.6 is 0 Å². The van der Waals surface area contributed by atoms with Crippen molar-refractivity contribution in [1.82, 2.24) is 10.6 Å². The van der Waals surface area contributed by atoms with E-state index >= 15 is 0 Å². The molecular weight excluding hydrogens is 1050 g/mol. The van der Waals surface area contributed by atoms with E-state index in [1.165, 1.54) is 0 Å². The van der Waals surface area contributed by atoms with Gasteiger partial charge in [-0.3, -0.25) is 28.3 Å². The molecule has 33 nitrogen and oxygen atoms in total. The van der Waals surface area contributed by atoms with E-state index in [0.29, 0.717) is 12.8 Å². The van der Waals surface area contributed by atoms with E-state index in [1.54, 1.807) is 6.92 Å². The highest BCUT2D eigenvalue weighted by Gasteiger charge is 2.55. The Morgan fingerprint density at radius 3 is 1.47 bits per heavy atom. The Morgan fingerprint density at radius 2 is 1.01 bits per heavy atom. The molecule has 0 aromatic heterocycles. The molecule has 0 radical (unpaired) electrons. The molecule has 0 saturated carbocycles. The zero-order valence-corrected chi connectivity index (χ0v) is 41.2. The lowest BCUT2D eigenvalue weighted by molar-refractivity contribution is -0.355. The molecule has 4 saturated heterocycles. The van der Waals surface area contributed by atoms with Gasteiger partial charge in [-0.25, -0.2) is 8.37 Å². The van der Waals surface area contributed by atoms with Gasteiger partial charge in [0.25, 0.3) is 10.9 Å². The molecule has 4 heterocycles. The molecule has 1 aromatic carbocycles. The fourth-order valence-corrected chi connectivity index (χ4v) is 8.89. The van der Waals surface area contributed by atoms with Crippen LogP contribution in [0.15, 0.2) is 9.59 Å². The Morgan fingerprint density at radius 1 is 0.568 bits per heavy atom. The van der Waals surface area contributed by atoms with Gasteiger partial charge in [-0.1, -0.05) is 0 Å². The number of rotatable bonds is 26. The van der Waals surface area contributed by atoms with Crippen molar-refractivity contribution in [2.24, 2.45) is 0 Å². The average Bonchev–Trinajstić information content (AvgIpc) is 3.32. The van der Waals surface area contributed by atoms with E-state index in [2.05, 4.69) is 24.3 Å². The van der Waals surface area contributed by atoms with E-state index in [1.807, 2.05) is 0 Å². The van der Waals surface area contributed by atoms with Crippen molar-refractivity contribution in [3.63, 3.8) is 0 Å². The van der Waals surface area contributed by atoms with Gasteiger partial charge in [-0.05, 0) is 26.2 Å². The number of aliphatic hydroxyl groups is 9. The van der Waals surface area contributed by atoms with Crippen molar-refractivity contribution in [1.29, 1.82) is 0 Å². The lowest BCUT2D eigenvalue weighted by Gasteiger charge is -2.49. The second-order valence-corrected chi connectivity index (χ2v) is 19.5. The van der Waals surface area contributed by atoms with Crippen LogP contribution < -0.4 is 31.5 Å². The summed E-state index contributed by atoms with van der Waals surface area (Å²) in [7, 11) is -10.3. The Labute approximate surface area is 421 Å². The lowest BCUT2D eigenvalue weighted by atomic mass is 9.94. The summed E-state index contributed by atoms with van der Waals surface area (Å²) in [5, 5.41) is 105. The normalized spacial score (nSPS) is 37.1. The van der Waals surface area contributed by atoms with Gasteiger partial charge in [0.15, 0.2) is 30.9 Å². The highest BCUT2D eigenvalue weighted by Crippen LogP contribution is 2.34. The first-order valence-corrected chi connectivity index (χ1v) is 25.6. The van der Waals surface area contributed by atoms with Crippen LogP contribution in [0.2, 0.25) is 0 Å². The highest BCUT2D eigenvalue weighted by molar-refractivity contribution is 7.81. The summed E-state index contributed by atoms with van der Waals surface area (Å²) in [5.41, 5.74) is -1.45. The van der Waals surface area contributed by atoms with E-state index < -0.39 is 193 Å². The second-order valence-electron chi connectivity index (χ2n) is 17.3. The SMILES string of the molecule is CCOc1c(NCCCCCO[C@@H]2O[C@H](CO[C@@H]3O[C@H](CO)[C@H](O)[C@H](O[C@@H]4O[C@H](COS(=O)(=O)O)[C@@H](O)[C@H](O)[C@H]4O)[C@H]3NC(C)=O)[C@H](O)[C@H](O[C@@H]3O[C@H](COS(=O)(=O)O)[C@@H](O)[C@H](O)[C@H]3O)[C@H]2NC(C)=O)c(=O)c1=O. The molecule has 74 heavy (non-hydrogen) atoms. The van der Waals surface area contributed by atoms with Crippen molar-refractivity contribution in [2.45, 2.75) is 163 Å². The first-order valence-electron chi connectivity index (χ1n) is 22.9. The highest BCUT2D eigenvalue weighted by atomic mass is 32.3. The minimum atomic E-state index is -5.14. The van der Waals surface area contributed by atoms with Crippen LogP contribution in [-0.4, -0.2) is 253 Å². The van der Waals surface area contributed by atoms with Crippen LogP contribution in [0.5, 0.6) is 5.75 Å². The second kappa shape index (κ2) is 26.8.